The van der Waals surface area contributed by atoms with Crippen LogP contribution in [0.1, 0.15) is 70.6 Å². The summed E-state index contributed by atoms with van der Waals surface area (Å²) in [6, 6.07) is 0. The predicted molar refractivity (Wildman–Crippen MR) is 76.4 cm³/mol. The van der Waals surface area contributed by atoms with E-state index >= 15 is 0 Å². The lowest BCUT2D eigenvalue weighted by molar-refractivity contribution is 0.0302. The van der Waals surface area contributed by atoms with E-state index in [1.165, 1.54) is 0 Å². The van der Waals surface area contributed by atoms with E-state index in [4.69, 9.17) is 0 Å². The molecule has 0 aliphatic heterocycles. The Kier molecular flexibility index (Phi) is 5.26. The highest BCUT2D eigenvalue weighted by Crippen LogP contribution is 2.28. The lowest BCUT2D eigenvalue weighted by atomic mass is 9.95. The van der Waals surface area contributed by atoms with Crippen LogP contribution in [0.4, 0.5) is 0 Å². The largest absolute Gasteiger partial charge is 0.389 e. The number of hydrogen-bond donors (Lipinski definition) is 2. The molecular formula is C14H27NO3S. The van der Waals surface area contributed by atoms with Gasteiger partial charge in [-0.25, -0.2) is 13.1 Å². The second-order valence-electron chi connectivity index (χ2n) is 6.26. The molecule has 0 spiro atoms. The normalized spacial score (nSPS) is 25.9. The van der Waals surface area contributed by atoms with Crippen LogP contribution in [0.5, 0.6) is 0 Å². The van der Waals surface area contributed by atoms with Crippen LogP contribution in [0, 0.1) is 0 Å². The molecule has 2 saturated carbocycles. The Labute approximate surface area is 117 Å². The lowest BCUT2D eigenvalue weighted by Crippen LogP contribution is -2.45. The van der Waals surface area contributed by atoms with Gasteiger partial charge in [0.05, 0.1) is 10.9 Å². The molecule has 0 amide bonds. The molecule has 2 rings (SSSR count). The van der Waals surface area contributed by atoms with Gasteiger partial charge in [0, 0.05) is 6.54 Å². The summed E-state index contributed by atoms with van der Waals surface area (Å²) in [5.41, 5.74) is -0.821. The minimum Gasteiger partial charge on any atom is -0.389 e. The summed E-state index contributed by atoms with van der Waals surface area (Å²) in [5, 5.41) is 10.2. The Hall–Kier alpha value is -0.130. The fourth-order valence-electron chi connectivity index (χ4n) is 3.29. The van der Waals surface area contributed by atoms with E-state index in [1.54, 1.807) is 0 Å². The van der Waals surface area contributed by atoms with Crippen molar-refractivity contribution < 1.29 is 13.5 Å². The molecule has 0 aromatic heterocycles. The number of sulfonamides is 1. The summed E-state index contributed by atoms with van der Waals surface area (Å²) in [5.74, 6) is 0. The Morgan fingerprint density at radius 1 is 0.947 bits per heavy atom. The molecule has 0 heterocycles. The smallest absolute Gasteiger partial charge is 0.214 e. The minimum absolute atomic E-state index is 0.200. The predicted octanol–water partition coefficient (Wildman–Crippen LogP) is 2.32. The van der Waals surface area contributed by atoms with Crippen LogP contribution in [0.15, 0.2) is 0 Å². The van der Waals surface area contributed by atoms with Gasteiger partial charge in [0.2, 0.25) is 10.0 Å². The summed E-state index contributed by atoms with van der Waals surface area (Å²) in [6.45, 7) is 0.200. The highest BCUT2D eigenvalue weighted by Gasteiger charge is 2.32. The first-order chi connectivity index (χ1) is 9.02. The Bertz CT molecular complexity index is 366. The number of nitrogens with one attached hydrogen (secondary N) is 1. The molecule has 0 radical (unpaired) electrons. The first-order valence-electron chi connectivity index (χ1n) is 7.73. The molecule has 0 saturated heterocycles. The van der Waals surface area contributed by atoms with Crippen molar-refractivity contribution >= 4 is 10.0 Å². The molecule has 19 heavy (non-hydrogen) atoms. The maximum atomic E-state index is 12.2. The summed E-state index contributed by atoms with van der Waals surface area (Å²) in [6.07, 6.45) is 10.5. The van der Waals surface area contributed by atoms with Gasteiger partial charge < -0.3 is 5.11 Å². The maximum absolute atomic E-state index is 12.2. The van der Waals surface area contributed by atoms with Gasteiger partial charge in [-0.1, -0.05) is 44.9 Å². The monoisotopic (exact) mass is 289 g/mol. The molecule has 112 valence electrons. The zero-order valence-corrected chi connectivity index (χ0v) is 12.6. The van der Waals surface area contributed by atoms with Crippen LogP contribution in [-0.4, -0.2) is 30.9 Å². The van der Waals surface area contributed by atoms with Gasteiger partial charge in [0.25, 0.3) is 0 Å². The lowest BCUT2D eigenvalue weighted by Gasteiger charge is -2.29. The topological polar surface area (TPSA) is 66.4 Å². The fraction of sp³-hybridized carbons (Fsp3) is 1.00. The summed E-state index contributed by atoms with van der Waals surface area (Å²) < 4.78 is 27.2. The van der Waals surface area contributed by atoms with Gasteiger partial charge in [0.15, 0.2) is 0 Å². The van der Waals surface area contributed by atoms with Gasteiger partial charge in [-0.3, -0.25) is 0 Å². The first kappa shape index (κ1) is 15.3. The van der Waals surface area contributed by atoms with Gasteiger partial charge in [-0.05, 0) is 25.7 Å². The third-order valence-electron chi connectivity index (χ3n) is 4.63. The van der Waals surface area contributed by atoms with Crippen molar-refractivity contribution in [1.82, 2.24) is 4.72 Å². The molecule has 2 aliphatic rings. The van der Waals surface area contributed by atoms with Gasteiger partial charge in [-0.2, -0.15) is 0 Å². The van der Waals surface area contributed by atoms with Crippen LogP contribution < -0.4 is 4.72 Å². The summed E-state index contributed by atoms with van der Waals surface area (Å²) in [7, 11) is -3.24. The van der Waals surface area contributed by atoms with Gasteiger partial charge in [0.1, 0.15) is 0 Å². The van der Waals surface area contributed by atoms with Crippen molar-refractivity contribution in [2.75, 3.05) is 6.54 Å². The van der Waals surface area contributed by atoms with E-state index < -0.39 is 15.6 Å². The van der Waals surface area contributed by atoms with Crippen molar-refractivity contribution in [2.45, 2.75) is 81.5 Å². The fourth-order valence-corrected chi connectivity index (χ4v) is 4.95. The Morgan fingerprint density at radius 2 is 1.47 bits per heavy atom. The summed E-state index contributed by atoms with van der Waals surface area (Å²) in [4.78, 5) is 0. The van der Waals surface area contributed by atoms with Crippen molar-refractivity contribution in [3.8, 4) is 0 Å². The van der Waals surface area contributed by atoms with Crippen LogP contribution in [0.3, 0.4) is 0 Å². The van der Waals surface area contributed by atoms with E-state index in [9.17, 15) is 13.5 Å². The third-order valence-corrected chi connectivity index (χ3v) is 6.52. The van der Waals surface area contributed by atoms with Crippen LogP contribution >= 0.6 is 0 Å². The molecule has 0 unspecified atom stereocenters. The SMILES string of the molecule is O=S(=O)(NCC1(O)CCCCCC1)C1CCCCC1. The zero-order chi connectivity index (χ0) is 13.8. The quantitative estimate of drug-likeness (QED) is 0.781. The first-order valence-corrected chi connectivity index (χ1v) is 9.27. The van der Waals surface area contributed by atoms with E-state index in [0.29, 0.717) is 0 Å². The standard InChI is InChI=1S/C14H27NO3S/c16-14(10-6-1-2-7-11-14)12-15-19(17,18)13-8-4-3-5-9-13/h13,15-16H,1-12H2. The van der Waals surface area contributed by atoms with Gasteiger partial charge in [-0.15, -0.1) is 0 Å². The maximum Gasteiger partial charge on any atom is 0.214 e. The molecule has 4 nitrogen and oxygen atoms in total. The molecular weight excluding hydrogens is 262 g/mol. The Morgan fingerprint density at radius 3 is 2.05 bits per heavy atom. The van der Waals surface area contributed by atoms with E-state index in [0.717, 1.165) is 70.6 Å². The van der Waals surface area contributed by atoms with E-state index in [2.05, 4.69) is 4.72 Å². The molecule has 2 aliphatic carbocycles. The molecule has 2 N–H and O–H groups in total. The van der Waals surface area contributed by atoms with Gasteiger partial charge >= 0.3 is 0 Å². The van der Waals surface area contributed by atoms with Crippen molar-refractivity contribution in [3.05, 3.63) is 0 Å². The van der Waals surface area contributed by atoms with Crippen molar-refractivity contribution in [3.63, 3.8) is 0 Å². The molecule has 2 fully saturated rings. The van der Waals surface area contributed by atoms with Crippen LogP contribution in [0.2, 0.25) is 0 Å². The molecule has 0 aromatic carbocycles. The number of aliphatic hydroxyl groups is 1. The zero-order valence-electron chi connectivity index (χ0n) is 11.7. The van der Waals surface area contributed by atoms with Crippen molar-refractivity contribution in [1.29, 1.82) is 0 Å². The second kappa shape index (κ2) is 6.55. The van der Waals surface area contributed by atoms with Crippen LogP contribution in [0.25, 0.3) is 0 Å². The average molecular weight is 289 g/mol. The Balaban J connectivity index is 1.88. The molecule has 0 aromatic rings. The average Bonchev–Trinajstić information content (AvgIpc) is 2.63. The molecule has 0 bridgehead atoms. The molecule has 5 heteroatoms. The number of hydrogen-bond acceptors (Lipinski definition) is 3. The summed E-state index contributed by atoms with van der Waals surface area (Å²) >= 11 is 0. The highest BCUT2D eigenvalue weighted by molar-refractivity contribution is 7.90. The second-order valence-corrected chi connectivity index (χ2v) is 8.31. The van der Waals surface area contributed by atoms with E-state index in [-0.39, 0.29) is 11.8 Å². The molecule has 0 atom stereocenters. The van der Waals surface area contributed by atoms with Crippen LogP contribution in [-0.2, 0) is 10.0 Å². The van der Waals surface area contributed by atoms with Crippen molar-refractivity contribution in [2.24, 2.45) is 0 Å². The minimum atomic E-state index is -3.24. The number of rotatable bonds is 4. The highest BCUT2D eigenvalue weighted by atomic mass is 32.2. The third kappa shape index (κ3) is 4.43. The van der Waals surface area contributed by atoms with E-state index in [1.807, 2.05) is 0 Å².